The summed E-state index contributed by atoms with van der Waals surface area (Å²) in [6.07, 6.45) is 1.50. The maximum atomic E-state index is 11.4. The Balaban J connectivity index is 2.06. The van der Waals surface area contributed by atoms with Crippen molar-refractivity contribution >= 4 is 22.0 Å². The van der Waals surface area contributed by atoms with Crippen molar-refractivity contribution in [2.45, 2.75) is 31.5 Å². The minimum atomic E-state index is -3.20. The van der Waals surface area contributed by atoms with E-state index in [9.17, 15) is 18.0 Å². The molecule has 1 aliphatic heterocycles. The van der Waals surface area contributed by atoms with Crippen LogP contribution in [0.15, 0.2) is 0 Å². The number of nitrogens with one attached hydrogen (secondary N) is 3. The number of ether oxygens (including phenoxy) is 1. The Hall–Kier alpha value is -1.39. The smallest absolute Gasteiger partial charge is 0.332 e. The Morgan fingerprint density at radius 2 is 1.95 bits per heavy atom. The lowest BCUT2D eigenvalue weighted by Crippen LogP contribution is -2.41. The monoisotopic (exact) mass is 323 g/mol. The summed E-state index contributed by atoms with van der Waals surface area (Å²) in [4.78, 5) is 22.1. The van der Waals surface area contributed by atoms with Gasteiger partial charge >= 0.3 is 12.0 Å². The van der Waals surface area contributed by atoms with Gasteiger partial charge in [-0.2, -0.15) is 0 Å². The molecule has 0 aromatic carbocycles. The minimum absolute atomic E-state index is 0.247. The molecule has 0 bridgehead atoms. The number of urea groups is 1. The molecule has 2 amide bonds. The summed E-state index contributed by atoms with van der Waals surface area (Å²) in [5.74, 6) is -0.986. The first kappa shape index (κ1) is 17.7. The van der Waals surface area contributed by atoms with Crippen LogP contribution in [-0.4, -0.2) is 63.6 Å². The van der Waals surface area contributed by atoms with Gasteiger partial charge in [-0.05, 0) is 19.3 Å². The summed E-state index contributed by atoms with van der Waals surface area (Å²) >= 11 is 0. The van der Waals surface area contributed by atoms with Gasteiger partial charge in [-0.15, -0.1) is 0 Å². The maximum absolute atomic E-state index is 11.4. The number of carbonyl (C=O) groups excluding carboxylic acids is 1. The van der Waals surface area contributed by atoms with Gasteiger partial charge in [-0.3, -0.25) is 0 Å². The average molecular weight is 323 g/mol. The van der Waals surface area contributed by atoms with Crippen LogP contribution in [0.1, 0.15) is 19.3 Å². The topological polar surface area (TPSA) is 134 Å². The molecule has 122 valence electrons. The molecule has 0 aromatic heterocycles. The molecule has 2 atom stereocenters. The number of carboxylic acids is 1. The van der Waals surface area contributed by atoms with Crippen LogP contribution in [0.25, 0.3) is 0 Å². The van der Waals surface area contributed by atoms with E-state index in [1.165, 1.54) is 0 Å². The lowest BCUT2D eigenvalue weighted by Gasteiger charge is -2.13. The fourth-order valence-corrected chi connectivity index (χ4v) is 2.37. The molecule has 1 saturated heterocycles. The summed E-state index contributed by atoms with van der Waals surface area (Å²) in [6, 6.07) is -0.392. The third-order valence-electron chi connectivity index (χ3n) is 2.88. The second-order valence-electron chi connectivity index (χ2n) is 4.82. The Labute approximate surface area is 123 Å². The molecule has 9 nitrogen and oxygen atoms in total. The molecule has 4 N–H and O–H groups in total. The number of hydrogen-bond donors (Lipinski definition) is 4. The van der Waals surface area contributed by atoms with E-state index in [2.05, 4.69) is 15.4 Å². The highest BCUT2D eigenvalue weighted by molar-refractivity contribution is 7.88. The minimum Gasteiger partial charge on any atom is -0.479 e. The molecule has 10 heteroatoms. The molecular formula is C11H21N3O6S. The zero-order valence-corrected chi connectivity index (χ0v) is 12.6. The van der Waals surface area contributed by atoms with Gasteiger partial charge < -0.3 is 20.5 Å². The van der Waals surface area contributed by atoms with Crippen molar-refractivity contribution in [1.82, 2.24) is 15.4 Å². The van der Waals surface area contributed by atoms with Crippen LogP contribution in [0.3, 0.4) is 0 Å². The van der Waals surface area contributed by atoms with Crippen molar-refractivity contribution in [2.24, 2.45) is 0 Å². The van der Waals surface area contributed by atoms with E-state index in [1.807, 2.05) is 0 Å². The molecule has 1 fully saturated rings. The van der Waals surface area contributed by atoms with Crippen molar-refractivity contribution in [3.05, 3.63) is 0 Å². The van der Waals surface area contributed by atoms with Gasteiger partial charge in [0.25, 0.3) is 0 Å². The molecule has 0 spiro atoms. The van der Waals surface area contributed by atoms with E-state index in [4.69, 9.17) is 9.84 Å². The number of rotatable bonds is 8. The highest BCUT2D eigenvalue weighted by atomic mass is 32.2. The zero-order valence-electron chi connectivity index (χ0n) is 11.8. The standard InChI is InChI=1S/C11H21N3O6S/c1-21(18,19)14-6-2-5-12-11(17)13-7-8-3-4-9(20-8)10(15)16/h8-9,14H,2-7H2,1H3,(H,15,16)(H2,12,13,17). The highest BCUT2D eigenvalue weighted by Crippen LogP contribution is 2.18. The van der Waals surface area contributed by atoms with Crippen molar-refractivity contribution < 1.29 is 27.9 Å². The fourth-order valence-electron chi connectivity index (χ4n) is 1.85. The van der Waals surface area contributed by atoms with E-state index >= 15 is 0 Å². The number of amides is 2. The molecule has 1 aliphatic rings. The van der Waals surface area contributed by atoms with Gasteiger partial charge in [0.15, 0.2) is 6.10 Å². The van der Waals surface area contributed by atoms with Gasteiger partial charge in [0, 0.05) is 19.6 Å². The van der Waals surface area contributed by atoms with Crippen LogP contribution >= 0.6 is 0 Å². The van der Waals surface area contributed by atoms with Gasteiger partial charge in [-0.25, -0.2) is 22.7 Å². The normalized spacial score (nSPS) is 22.0. The largest absolute Gasteiger partial charge is 0.479 e. The summed E-state index contributed by atoms with van der Waals surface area (Å²) in [6.45, 7) is 0.833. The highest BCUT2D eigenvalue weighted by Gasteiger charge is 2.30. The van der Waals surface area contributed by atoms with E-state index < -0.39 is 28.1 Å². The van der Waals surface area contributed by atoms with Crippen LogP contribution < -0.4 is 15.4 Å². The third kappa shape index (κ3) is 7.83. The quantitative estimate of drug-likeness (QED) is 0.417. The maximum Gasteiger partial charge on any atom is 0.332 e. The predicted octanol–water partition coefficient (Wildman–Crippen LogP) is -1.14. The average Bonchev–Trinajstić information content (AvgIpc) is 2.83. The number of carboxylic acid groups (broad SMARTS) is 1. The van der Waals surface area contributed by atoms with Crippen LogP contribution in [0, 0.1) is 0 Å². The SMILES string of the molecule is CS(=O)(=O)NCCCNC(=O)NCC1CCC(C(=O)O)O1. The van der Waals surface area contributed by atoms with Crippen LogP contribution in [0.5, 0.6) is 0 Å². The fraction of sp³-hybridized carbons (Fsp3) is 0.818. The molecular weight excluding hydrogens is 302 g/mol. The molecule has 1 heterocycles. The van der Waals surface area contributed by atoms with Gasteiger partial charge in [0.1, 0.15) is 0 Å². The molecule has 0 saturated carbocycles. The van der Waals surface area contributed by atoms with Crippen LogP contribution in [0.4, 0.5) is 4.79 Å². The predicted molar refractivity (Wildman–Crippen MR) is 74.4 cm³/mol. The Morgan fingerprint density at radius 1 is 1.24 bits per heavy atom. The molecule has 1 rings (SSSR count). The lowest BCUT2D eigenvalue weighted by atomic mass is 10.2. The third-order valence-corrected chi connectivity index (χ3v) is 3.61. The first-order valence-electron chi connectivity index (χ1n) is 6.62. The van der Waals surface area contributed by atoms with Crippen LogP contribution in [-0.2, 0) is 19.6 Å². The van der Waals surface area contributed by atoms with Crippen LogP contribution in [0.2, 0.25) is 0 Å². The van der Waals surface area contributed by atoms with Crippen molar-refractivity contribution in [3.8, 4) is 0 Å². The van der Waals surface area contributed by atoms with E-state index in [-0.39, 0.29) is 19.2 Å². The second-order valence-corrected chi connectivity index (χ2v) is 6.65. The van der Waals surface area contributed by atoms with Gasteiger partial charge in [-0.1, -0.05) is 0 Å². The van der Waals surface area contributed by atoms with E-state index in [0.29, 0.717) is 25.8 Å². The van der Waals surface area contributed by atoms with Crippen molar-refractivity contribution in [3.63, 3.8) is 0 Å². The summed E-state index contributed by atoms with van der Waals surface area (Å²) < 4.78 is 29.1. The van der Waals surface area contributed by atoms with E-state index in [0.717, 1.165) is 6.26 Å². The number of sulfonamides is 1. The summed E-state index contributed by atoms with van der Waals surface area (Å²) in [5, 5.41) is 13.9. The van der Waals surface area contributed by atoms with Gasteiger partial charge in [0.2, 0.25) is 10.0 Å². The van der Waals surface area contributed by atoms with Crippen molar-refractivity contribution in [1.29, 1.82) is 0 Å². The first-order chi connectivity index (χ1) is 9.78. The Bertz CT molecular complexity index is 467. The molecule has 0 radical (unpaired) electrons. The summed E-state index contributed by atoms with van der Waals surface area (Å²) in [5.41, 5.74) is 0. The molecule has 0 aliphatic carbocycles. The summed E-state index contributed by atoms with van der Waals surface area (Å²) in [7, 11) is -3.20. The number of carbonyl (C=O) groups is 2. The Morgan fingerprint density at radius 3 is 2.52 bits per heavy atom. The second kappa shape index (κ2) is 8.15. The van der Waals surface area contributed by atoms with E-state index in [1.54, 1.807) is 0 Å². The zero-order chi connectivity index (χ0) is 15.9. The molecule has 21 heavy (non-hydrogen) atoms. The lowest BCUT2D eigenvalue weighted by molar-refractivity contribution is -0.149. The number of hydrogen-bond acceptors (Lipinski definition) is 5. The van der Waals surface area contributed by atoms with Crippen molar-refractivity contribution in [2.75, 3.05) is 25.9 Å². The van der Waals surface area contributed by atoms with Gasteiger partial charge in [0.05, 0.1) is 12.4 Å². The number of aliphatic carboxylic acids is 1. The Kier molecular flexibility index (Phi) is 6.85. The molecule has 2 unspecified atom stereocenters. The first-order valence-corrected chi connectivity index (χ1v) is 8.51. The molecule has 0 aromatic rings.